The van der Waals surface area contributed by atoms with Crippen LogP contribution >= 0.6 is 11.3 Å². The van der Waals surface area contributed by atoms with E-state index < -0.39 is 0 Å². The summed E-state index contributed by atoms with van der Waals surface area (Å²) >= 11 is 1.62. The molecule has 5 rings (SSSR count). The van der Waals surface area contributed by atoms with Gasteiger partial charge in [-0.1, -0.05) is 5.21 Å². The number of aromatic nitrogens is 7. The molecule has 0 bridgehead atoms. The van der Waals surface area contributed by atoms with Gasteiger partial charge in [-0.2, -0.15) is 15.9 Å². The Bertz CT molecular complexity index is 1010. The van der Waals surface area contributed by atoms with Gasteiger partial charge in [0.1, 0.15) is 11.5 Å². The third-order valence-corrected chi connectivity index (χ3v) is 5.14. The van der Waals surface area contributed by atoms with E-state index in [1.165, 1.54) is 0 Å². The number of thiophene rings is 1. The van der Waals surface area contributed by atoms with Crippen molar-refractivity contribution in [1.29, 1.82) is 0 Å². The molecule has 0 radical (unpaired) electrons. The normalized spacial score (nSPS) is 17.2. The highest BCUT2D eigenvalue weighted by Crippen LogP contribution is 2.21. The molecule has 1 saturated heterocycles. The zero-order valence-corrected chi connectivity index (χ0v) is 14.7. The van der Waals surface area contributed by atoms with E-state index in [0.29, 0.717) is 12.6 Å². The molecule has 0 saturated carbocycles. The Balaban J connectivity index is 1.34. The second-order valence-electron chi connectivity index (χ2n) is 6.21. The van der Waals surface area contributed by atoms with Gasteiger partial charge in [0.2, 0.25) is 0 Å². The van der Waals surface area contributed by atoms with Crippen molar-refractivity contribution in [2.45, 2.75) is 19.0 Å². The second-order valence-corrected chi connectivity index (χ2v) is 6.99. The molecule has 4 aromatic heterocycles. The van der Waals surface area contributed by atoms with Crippen LogP contribution in [-0.2, 0) is 6.54 Å². The first kappa shape index (κ1) is 15.4. The van der Waals surface area contributed by atoms with Crippen molar-refractivity contribution in [3.05, 3.63) is 40.8 Å². The van der Waals surface area contributed by atoms with Gasteiger partial charge < -0.3 is 10.6 Å². The first-order valence-electron chi connectivity index (χ1n) is 8.47. The van der Waals surface area contributed by atoms with Crippen molar-refractivity contribution in [3.8, 4) is 11.4 Å². The number of nitrogens with one attached hydrogen (secondary N) is 2. The van der Waals surface area contributed by atoms with E-state index in [4.69, 9.17) is 0 Å². The Labute approximate surface area is 153 Å². The van der Waals surface area contributed by atoms with Gasteiger partial charge in [-0.15, -0.1) is 20.4 Å². The Kier molecular flexibility index (Phi) is 3.83. The van der Waals surface area contributed by atoms with Gasteiger partial charge in [0.15, 0.2) is 11.5 Å². The molecule has 0 aromatic carbocycles. The number of anilines is 1. The summed E-state index contributed by atoms with van der Waals surface area (Å²) in [5.74, 6) is 1.48. The van der Waals surface area contributed by atoms with Crippen LogP contribution in [-0.4, -0.2) is 47.9 Å². The van der Waals surface area contributed by atoms with Gasteiger partial charge in [0.25, 0.3) is 0 Å². The summed E-state index contributed by atoms with van der Waals surface area (Å²) in [7, 11) is 0. The maximum Gasteiger partial charge on any atom is 0.186 e. The van der Waals surface area contributed by atoms with Crippen molar-refractivity contribution in [2.24, 2.45) is 0 Å². The van der Waals surface area contributed by atoms with Crippen LogP contribution in [0.2, 0.25) is 0 Å². The van der Waals surface area contributed by atoms with E-state index in [1.54, 1.807) is 15.9 Å². The van der Waals surface area contributed by atoms with E-state index in [0.717, 1.165) is 48.1 Å². The molecule has 132 valence electrons. The fourth-order valence-electron chi connectivity index (χ4n) is 3.07. The van der Waals surface area contributed by atoms with Gasteiger partial charge in [-0.05, 0) is 36.5 Å². The fraction of sp³-hybridized carbons (Fsp3) is 0.312. The average Bonchev–Trinajstić information content (AvgIpc) is 3.46. The van der Waals surface area contributed by atoms with Crippen LogP contribution in [0.4, 0.5) is 5.82 Å². The van der Waals surface area contributed by atoms with Gasteiger partial charge in [-0.3, -0.25) is 0 Å². The lowest BCUT2D eigenvalue weighted by Crippen LogP contribution is -2.13. The molecule has 1 fully saturated rings. The van der Waals surface area contributed by atoms with Crippen LogP contribution in [0.25, 0.3) is 17.0 Å². The molecule has 1 aliphatic rings. The molecular weight excluding hydrogens is 350 g/mol. The zero-order valence-electron chi connectivity index (χ0n) is 13.9. The molecule has 0 amide bonds. The van der Waals surface area contributed by atoms with Crippen LogP contribution in [0.15, 0.2) is 35.2 Å². The SMILES string of the molecule is c1cc(-c2nnc3ccc(NCc4cn(C5CCNC5)nn4)nn23)cs1. The van der Waals surface area contributed by atoms with E-state index in [1.807, 2.05) is 39.8 Å². The van der Waals surface area contributed by atoms with Gasteiger partial charge >= 0.3 is 0 Å². The first-order valence-corrected chi connectivity index (χ1v) is 9.41. The van der Waals surface area contributed by atoms with Crippen molar-refractivity contribution in [1.82, 2.24) is 40.1 Å². The fourth-order valence-corrected chi connectivity index (χ4v) is 3.71. The third-order valence-electron chi connectivity index (χ3n) is 4.46. The minimum absolute atomic E-state index is 0.399. The van der Waals surface area contributed by atoms with E-state index in [9.17, 15) is 0 Å². The average molecular weight is 367 g/mol. The van der Waals surface area contributed by atoms with Crippen LogP contribution in [0.5, 0.6) is 0 Å². The molecule has 26 heavy (non-hydrogen) atoms. The summed E-state index contributed by atoms with van der Waals surface area (Å²) in [6, 6.07) is 6.21. The van der Waals surface area contributed by atoms with E-state index in [2.05, 4.69) is 36.2 Å². The summed E-state index contributed by atoms with van der Waals surface area (Å²) in [6.07, 6.45) is 3.09. The summed E-state index contributed by atoms with van der Waals surface area (Å²) in [6.45, 7) is 2.55. The second kappa shape index (κ2) is 6.46. The van der Waals surface area contributed by atoms with Crippen LogP contribution in [0.3, 0.4) is 0 Å². The van der Waals surface area contributed by atoms with Gasteiger partial charge in [0.05, 0.1) is 18.8 Å². The monoisotopic (exact) mass is 367 g/mol. The highest BCUT2D eigenvalue weighted by atomic mass is 32.1. The summed E-state index contributed by atoms with van der Waals surface area (Å²) < 4.78 is 3.70. The third kappa shape index (κ3) is 2.82. The predicted octanol–water partition coefficient (Wildman–Crippen LogP) is 1.59. The molecule has 1 aliphatic heterocycles. The number of hydrogen-bond donors (Lipinski definition) is 2. The molecule has 5 heterocycles. The predicted molar refractivity (Wildman–Crippen MR) is 98.0 cm³/mol. The molecule has 4 aromatic rings. The molecule has 9 nitrogen and oxygen atoms in total. The standard InChI is InChI=1S/C16H17N9S/c1-2-15-20-21-16(11-4-6-26-10-11)25(15)22-14(1)18-7-12-9-24(23-19-12)13-3-5-17-8-13/h1-2,4,6,9-10,13,17H,3,5,7-8H2,(H,18,22). The Morgan fingerprint density at radius 1 is 1.23 bits per heavy atom. The first-order chi connectivity index (χ1) is 12.9. The Morgan fingerprint density at radius 3 is 3.08 bits per heavy atom. The minimum Gasteiger partial charge on any atom is -0.363 e. The quantitative estimate of drug-likeness (QED) is 0.553. The minimum atomic E-state index is 0.399. The Morgan fingerprint density at radius 2 is 2.23 bits per heavy atom. The maximum absolute atomic E-state index is 4.61. The molecule has 2 N–H and O–H groups in total. The van der Waals surface area contributed by atoms with E-state index in [-0.39, 0.29) is 0 Å². The summed E-state index contributed by atoms with van der Waals surface area (Å²) in [5, 5.41) is 32.2. The number of fused-ring (bicyclic) bond motifs is 1. The maximum atomic E-state index is 4.61. The molecule has 1 unspecified atom stereocenters. The van der Waals surface area contributed by atoms with E-state index >= 15 is 0 Å². The number of nitrogens with zero attached hydrogens (tertiary/aromatic N) is 7. The van der Waals surface area contributed by atoms with Crippen molar-refractivity contribution < 1.29 is 0 Å². The lowest BCUT2D eigenvalue weighted by Gasteiger charge is -2.06. The molecule has 0 spiro atoms. The smallest absolute Gasteiger partial charge is 0.186 e. The largest absolute Gasteiger partial charge is 0.363 e. The van der Waals surface area contributed by atoms with Gasteiger partial charge in [-0.25, -0.2) is 4.68 Å². The summed E-state index contributed by atoms with van der Waals surface area (Å²) in [4.78, 5) is 0. The number of hydrogen-bond acceptors (Lipinski definition) is 8. The Hall–Kier alpha value is -2.85. The van der Waals surface area contributed by atoms with Crippen LogP contribution in [0.1, 0.15) is 18.2 Å². The van der Waals surface area contributed by atoms with Gasteiger partial charge in [0, 0.05) is 17.5 Å². The zero-order chi connectivity index (χ0) is 17.3. The number of rotatable bonds is 5. The van der Waals surface area contributed by atoms with Crippen molar-refractivity contribution in [3.63, 3.8) is 0 Å². The molecule has 1 atom stereocenters. The lowest BCUT2D eigenvalue weighted by atomic mass is 10.3. The highest BCUT2D eigenvalue weighted by molar-refractivity contribution is 7.08. The van der Waals surface area contributed by atoms with Crippen LogP contribution < -0.4 is 10.6 Å². The molecule has 10 heteroatoms. The van der Waals surface area contributed by atoms with Crippen LogP contribution in [0, 0.1) is 0 Å². The molecular formula is C16H17N9S. The lowest BCUT2D eigenvalue weighted by molar-refractivity contribution is 0.476. The highest BCUT2D eigenvalue weighted by Gasteiger charge is 2.17. The topological polar surface area (TPSA) is 97.8 Å². The van der Waals surface area contributed by atoms with Crippen molar-refractivity contribution >= 4 is 22.8 Å². The molecule has 0 aliphatic carbocycles. The van der Waals surface area contributed by atoms with Crippen molar-refractivity contribution in [2.75, 3.05) is 18.4 Å². The summed E-state index contributed by atoms with van der Waals surface area (Å²) in [5.41, 5.74) is 2.62.